The van der Waals surface area contributed by atoms with Gasteiger partial charge >= 0.3 is 0 Å². The molecule has 0 atom stereocenters. The van der Waals surface area contributed by atoms with E-state index >= 15 is 0 Å². The number of ketones is 1. The van der Waals surface area contributed by atoms with E-state index in [0.717, 1.165) is 5.69 Å². The minimum atomic E-state index is -0.0944. The van der Waals surface area contributed by atoms with Crippen LogP contribution in [0.1, 0.15) is 21.7 Å². The number of nitrogens with zero attached hydrogens (tertiary/aromatic N) is 2. The molecular weight excluding hydrogens is 188 g/mol. The largest absolute Gasteiger partial charge is 0.287 e. The molecular formula is C12H10N2O. The molecule has 1 aromatic carbocycles. The quantitative estimate of drug-likeness (QED) is 0.693. The summed E-state index contributed by atoms with van der Waals surface area (Å²) in [5.41, 5.74) is 1.82. The molecule has 15 heavy (non-hydrogen) atoms. The molecule has 0 saturated carbocycles. The van der Waals surface area contributed by atoms with Crippen molar-refractivity contribution in [2.24, 2.45) is 0 Å². The highest BCUT2D eigenvalue weighted by Crippen LogP contribution is 2.06. The number of carbonyl (C=O) groups is 1. The summed E-state index contributed by atoms with van der Waals surface area (Å²) in [6, 6.07) is 9.06. The third kappa shape index (κ3) is 2.07. The van der Waals surface area contributed by atoms with Crippen LogP contribution in [0.5, 0.6) is 0 Å². The van der Waals surface area contributed by atoms with Crippen molar-refractivity contribution in [3.63, 3.8) is 0 Å². The van der Waals surface area contributed by atoms with Crippen molar-refractivity contribution in [2.45, 2.75) is 6.92 Å². The number of hydrogen-bond donors (Lipinski definition) is 0. The Kier molecular flexibility index (Phi) is 2.54. The van der Waals surface area contributed by atoms with Crippen LogP contribution in [0.4, 0.5) is 0 Å². The maximum Gasteiger partial charge on any atom is 0.212 e. The van der Waals surface area contributed by atoms with Gasteiger partial charge in [-0.25, -0.2) is 4.98 Å². The van der Waals surface area contributed by atoms with Crippen LogP contribution in [0.15, 0.2) is 42.7 Å². The Bertz CT molecular complexity index is 463. The first-order chi connectivity index (χ1) is 7.27. The molecule has 2 rings (SSSR count). The van der Waals surface area contributed by atoms with Gasteiger partial charge in [-0.2, -0.15) is 0 Å². The van der Waals surface area contributed by atoms with Crippen molar-refractivity contribution in [3.8, 4) is 0 Å². The Morgan fingerprint density at radius 3 is 2.40 bits per heavy atom. The van der Waals surface area contributed by atoms with Crippen LogP contribution in [-0.2, 0) is 0 Å². The second-order valence-corrected chi connectivity index (χ2v) is 3.24. The third-order valence-electron chi connectivity index (χ3n) is 2.05. The molecule has 0 fully saturated rings. The van der Waals surface area contributed by atoms with Crippen LogP contribution in [-0.4, -0.2) is 15.8 Å². The van der Waals surface area contributed by atoms with E-state index in [0.29, 0.717) is 11.3 Å². The first-order valence-electron chi connectivity index (χ1n) is 4.66. The van der Waals surface area contributed by atoms with Gasteiger partial charge in [0.05, 0.1) is 11.9 Å². The first-order valence-corrected chi connectivity index (χ1v) is 4.66. The lowest BCUT2D eigenvalue weighted by atomic mass is 10.1. The van der Waals surface area contributed by atoms with E-state index in [1.54, 1.807) is 18.3 Å². The Hall–Kier alpha value is -2.03. The summed E-state index contributed by atoms with van der Waals surface area (Å²) < 4.78 is 0. The lowest BCUT2D eigenvalue weighted by Gasteiger charge is -1.99. The van der Waals surface area contributed by atoms with E-state index in [2.05, 4.69) is 9.97 Å². The minimum Gasteiger partial charge on any atom is -0.287 e. The standard InChI is InChI=1S/C12H10N2O/c1-9-7-14-11(8-13-9)12(15)10-5-3-2-4-6-10/h2-8H,1H3. The number of aryl methyl sites for hydroxylation is 1. The fourth-order valence-corrected chi connectivity index (χ4v) is 1.25. The molecule has 0 saturated heterocycles. The van der Waals surface area contributed by atoms with Crippen molar-refractivity contribution in [1.82, 2.24) is 9.97 Å². The minimum absolute atomic E-state index is 0.0944. The Morgan fingerprint density at radius 1 is 1.07 bits per heavy atom. The molecule has 1 heterocycles. The summed E-state index contributed by atoms with van der Waals surface area (Å²) in [6.07, 6.45) is 3.10. The summed E-state index contributed by atoms with van der Waals surface area (Å²) >= 11 is 0. The summed E-state index contributed by atoms with van der Waals surface area (Å²) in [5, 5.41) is 0. The van der Waals surface area contributed by atoms with E-state index in [-0.39, 0.29) is 5.78 Å². The number of aromatic nitrogens is 2. The van der Waals surface area contributed by atoms with E-state index in [1.165, 1.54) is 6.20 Å². The summed E-state index contributed by atoms with van der Waals surface area (Å²) in [7, 11) is 0. The van der Waals surface area contributed by atoms with Gasteiger partial charge in [0.1, 0.15) is 5.69 Å². The second-order valence-electron chi connectivity index (χ2n) is 3.24. The topological polar surface area (TPSA) is 42.9 Å². The molecule has 1 aromatic heterocycles. The van der Waals surface area contributed by atoms with Crippen molar-refractivity contribution < 1.29 is 4.79 Å². The van der Waals surface area contributed by atoms with Crippen LogP contribution < -0.4 is 0 Å². The van der Waals surface area contributed by atoms with Crippen molar-refractivity contribution >= 4 is 5.78 Å². The average Bonchev–Trinajstić information content (AvgIpc) is 2.30. The van der Waals surface area contributed by atoms with Crippen LogP contribution in [0, 0.1) is 6.92 Å². The van der Waals surface area contributed by atoms with Crippen LogP contribution in [0.25, 0.3) is 0 Å². The summed E-state index contributed by atoms with van der Waals surface area (Å²) in [6.45, 7) is 1.84. The molecule has 74 valence electrons. The zero-order valence-electron chi connectivity index (χ0n) is 8.34. The normalized spacial score (nSPS) is 9.93. The SMILES string of the molecule is Cc1cnc(C(=O)c2ccccc2)cn1. The van der Waals surface area contributed by atoms with Gasteiger partial charge < -0.3 is 0 Å². The van der Waals surface area contributed by atoms with Gasteiger partial charge in [0.2, 0.25) is 5.78 Å². The molecule has 3 heteroatoms. The highest BCUT2D eigenvalue weighted by atomic mass is 16.1. The Morgan fingerprint density at radius 2 is 1.80 bits per heavy atom. The highest BCUT2D eigenvalue weighted by Gasteiger charge is 2.09. The summed E-state index contributed by atoms with van der Waals surface area (Å²) in [4.78, 5) is 19.9. The maximum absolute atomic E-state index is 11.9. The fourth-order valence-electron chi connectivity index (χ4n) is 1.25. The van der Waals surface area contributed by atoms with Gasteiger partial charge in [-0.15, -0.1) is 0 Å². The Labute approximate surface area is 87.8 Å². The first kappa shape index (κ1) is 9.52. The number of carbonyl (C=O) groups excluding carboxylic acids is 1. The number of rotatable bonds is 2. The lowest BCUT2D eigenvalue weighted by Crippen LogP contribution is -2.04. The molecule has 0 aliphatic carbocycles. The molecule has 0 aliphatic rings. The molecule has 3 nitrogen and oxygen atoms in total. The van der Waals surface area contributed by atoms with Gasteiger partial charge in [-0.3, -0.25) is 9.78 Å². The van der Waals surface area contributed by atoms with Gasteiger partial charge in [-0.05, 0) is 6.92 Å². The van der Waals surface area contributed by atoms with Crippen LogP contribution >= 0.6 is 0 Å². The highest BCUT2D eigenvalue weighted by molar-refractivity contribution is 6.07. The zero-order valence-corrected chi connectivity index (χ0v) is 8.34. The van der Waals surface area contributed by atoms with Gasteiger partial charge in [0.25, 0.3) is 0 Å². The van der Waals surface area contributed by atoms with Crippen molar-refractivity contribution in [1.29, 1.82) is 0 Å². The van der Waals surface area contributed by atoms with E-state index in [1.807, 2.05) is 25.1 Å². The maximum atomic E-state index is 11.9. The molecule has 0 N–H and O–H groups in total. The predicted molar refractivity (Wildman–Crippen MR) is 56.6 cm³/mol. The molecule has 0 spiro atoms. The van der Waals surface area contributed by atoms with Crippen molar-refractivity contribution in [3.05, 3.63) is 59.7 Å². The average molecular weight is 198 g/mol. The van der Waals surface area contributed by atoms with Crippen LogP contribution in [0.3, 0.4) is 0 Å². The number of hydrogen-bond acceptors (Lipinski definition) is 3. The van der Waals surface area contributed by atoms with Crippen LogP contribution in [0.2, 0.25) is 0 Å². The molecule has 0 amide bonds. The second kappa shape index (κ2) is 4.00. The van der Waals surface area contributed by atoms with Gasteiger partial charge in [0, 0.05) is 11.8 Å². The molecule has 0 bridgehead atoms. The Balaban J connectivity index is 2.33. The smallest absolute Gasteiger partial charge is 0.212 e. The van der Waals surface area contributed by atoms with Crippen molar-refractivity contribution in [2.75, 3.05) is 0 Å². The summed E-state index contributed by atoms with van der Waals surface area (Å²) in [5.74, 6) is -0.0944. The number of benzene rings is 1. The third-order valence-corrected chi connectivity index (χ3v) is 2.05. The van der Waals surface area contributed by atoms with E-state index in [4.69, 9.17) is 0 Å². The molecule has 2 aromatic rings. The van der Waals surface area contributed by atoms with Gasteiger partial charge in [-0.1, -0.05) is 30.3 Å². The van der Waals surface area contributed by atoms with Gasteiger partial charge in [0.15, 0.2) is 0 Å². The lowest BCUT2D eigenvalue weighted by molar-refractivity contribution is 0.103. The molecule has 0 unspecified atom stereocenters. The van der Waals surface area contributed by atoms with E-state index in [9.17, 15) is 4.79 Å². The van der Waals surface area contributed by atoms with E-state index < -0.39 is 0 Å². The monoisotopic (exact) mass is 198 g/mol. The fraction of sp³-hybridized carbons (Fsp3) is 0.0833. The predicted octanol–water partition coefficient (Wildman–Crippen LogP) is 2.02. The zero-order chi connectivity index (χ0) is 10.7. The molecule has 0 aliphatic heterocycles. The molecule has 0 radical (unpaired) electrons.